The quantitative estimate of drug-likeness (QED) is 0.511. The Hall–Kier alpha value is 0.01000. The van der Waals surface area contributed by atoms with Gasteiger partial charge in [-0.15, -0.1) is 0 Å². The monoisotopic (exact) mass is 267 g/mol. The van der Waals surface area contributed by atoms with Crippen molar-refractivity contribution in [2.75, 3.05) is 31.3 Å². The normalized spacial score (nSPS) is 12.7. The second kappa shape index (κ2) is 8.33. The van der Waals surface area contributed by atoms with Gasteiger partial charge >= 0.3 is 0 Å². The molecule has 14 heavy (non-hydrogen) atoms. The van der Waals surface area contributed by atoms with Crippen LogP contribution in [0.2, 0.25) is 0 Å². The molecule has 1 atom stereocenters. The molecule has 0 aromatic heterocycles. The van der Waals surface area contributed by atoms with Gasteiger partial charge in [-0.2, -0.15) is 0 Å². The van der Waals surface area contributed by atoms with Gasteiger partial charge < -0.3 is 4.55 Å². The fraction of sp³-hybridized carbons (Fsp3) is 1.00. The van der Waals surface area contributed by atoms with E-state index in [0.29, 0.717) is 0 Å². The Morgan fingerprint density at radius 2 is 0.857 bits per heavy atom. The molecule has 0 amide bonds. The molecule has 9 heteroatoms. The van der Waals surface area contributed by atoms with E-state index >= 15 is 0 Å². The standard InChI is InChI=1S/2C2H6O2S.CH4O2S/c2*1-5(2,3)4;1-4(2)3/h2*1-2H3;1H3,(H,2,3)/p-1. The van der Waals surface area contributed by atoms with Crippen LogP contribution in [0.3, 0.4) is 0 Å². The third-order valence-electron chi connectivity index (χ3n) is 0. The Morgan fingerprint density at radius 3 is 0.857 bits per heavy atom. The minimum atomic E-state index is -2.67. The lowest BCUT2D eigenvalue weighted by Gasteiger charge is -1.85. The van der Waals surface area contributed by atoms with E-state index in [9.17, 15) is 16.8 Å². The van der Waals surface area contributed by atoms with E-state index in [0.717, 1.165) is 31.3 Å². The third-order valence-corrected chi connectivity index (χ3v) is 0. The highest BCUT2D eigenvalue weighted by atomic mass is 32.2. The number of rotatable bonds is 0. The Balaban J connectivity index is -0.000000131. The molecule has 0 radical (unpaired) electrons. The number of sulfone groups is 2. The average Bonchev–Trinajstić information content (AvgIpc) is 1.45. The van der Waals surface area contributed by atoms with Crippen molar-refractivity contribution in [1.82, 2.24) is 0 Å². The molecule has 0 spiro atoms. The Morgan fingerprint density at radius 1 is 0.857 bits per heavy atom. The Labute approximate surface area is 87.8 Å². The van der Waals surface area contributed by atoms with Crippen LogP contribution >= 0.6 is 0 Å². The first kappa shape index (κ1) is 19.6. The summed E-state index contributed by atoms with van der Waals surface area (Å²) >= 11 is -1.86. The van der Waals surface area contributed by atoms with Crippen LogP contribution in [0.1, 0.15) is 0 Å². The summed E-state index contributed by atoms with van der Waals surface area (Å²) < 4.78 is 56.5. The van der Waals surface area contributed by atoms with E-state index < -0.39 is 30.8 Å². The summed E-state index contributed by atoms with van der Waals surface area (Å²) in [4.78, 5) is 0. The summed E-state index contributed by atoms with van der Waals surface area (Å²) in [5, 5.41) is 0. The Bertz CT molecular complexity index is 288. The lowest BCUT2D eigenvalue weighted by molar-refractivity contribution is 0.543. The van der Waals surface area contributed by atoms with Gasteiger partial charge in [0.25, 0.3) is 0 Å². The van der Waals surface area contributed by atoms with Crippen LogP contribution in [0.15, 0.2) is 0 Å². The molecule has 0 heterocycles. The summed E-state index contributed by atoms with van der Waals surface area (Å²) in [5.41, 5.74) is 0. The van der Waals surface area contributed by atoms with Crippen molar-refractivity contribution in [3.05, 3.63) is 0 Å². The minimum Gasteiger partial charge on any atom is -0.773 e. The van der Waals surface area contributed by atoms with Crippen LogP contribution in [0.5, 0.6) is 0 Å². The molecule has 0 aliphatic rings. The maximum atomic E-state index is 9.63. The predicted molar refractivity (Wildman–Crippen MR) is 56.4 cm³/mol. The highest BCUT2D eigenvalue weighted by molar-refractivity contribution is 7.90. The summed E-state index contributed by atoms with van der Waals surface area (Å²) in [6.07, 6.45) is 5.72. The summed E-state index contributed by atoms with van der Waals surface area (Å²) in [6.45, 7) is 0. The minimum absolute atomic E-state index is 1.08. The summed E-state index contributed by atoms with van der Waals surface area (Å²) in [6, 6.07) is 0. The second-order valence-corrected chi connectivity index (χ2v) is 8.06. The molecule has 0 rings (SSSR count). The summed E-state index contributed by atoms with van der Waals surface area (Å²) in [7, 11) is -5.33. The van der Waals surface area contributed by atoms with Crippen molar-refractivity contribution < 1.29 is 25.6 Å². The van der Waals surface area contributed by atoms with Crippen LogP contribution in [0.25, 0.3) is 0 Å². The van der Waals surface area contributed by atoms with E-state index in [1.54, 1.807) is 0 Å². The topological polar surface area (TPSA) is 108 Å². The molecular formula is C5H15O6S3-. The zero-order valence-electron chi connectivity index (χ0n) is 8.67. The molecule has 0 bridgehead atoms. The smallest absolute Gasteiger partial charge is 0.144 e. The fourth-order valence-electron chi connectivity index (χ4n) is 0. The van der Waals surface area contributed by atoms with Gasteiger partial charge in [-0.25, -0.2) is 16.8 Å². The highest BCUT2D eigenvalue weighted by Crippen LogP contribution is 1.62. The van der Waals surface area contributed by atoms with Crippen LogP contribution in [-0.4, -0.2) is 56.9 Å². The van der Waals surface area contributed by atoms with Crippen molar-refractivity contribution in [3.63, 3.8) is 0 Å². The van der Waals surface area contributed by atoms with Gasteiger partial charge in [0.1, 0.15) is 19.7 Å². The molecule has 0 N–H and O–H groups in total. The van der Waals surface area contributed by atoms with Crippen LogP contribution in [0, 0.1) is 0 Å². The van der Waals surface area contributed by atoms with Crippen molar-refractivity contribution >= 4 is 30.8 Å². The van der Waals surface area contributed by atoms with Gasteiger partial charge in [0.2, 0.25) is 0 Å². The third kappa shape index (κ3) is 14600000. The van der Waals surface area contributed by atoms with E-state index in [1.165, 1.54) is 0 Å². The fourth-order valence-corrected chi connectivity index (χ4v) is 0. The zero-order valence-corrected chi connectivity index (χ0v) is 11.1. The van der Waals surface area contributed by atoms with E-state index in [2.05, 4.69) is 0 Å². The van der Waals surface area contributed by atoms with Crippen molar-refractivity contribution in [2.24, 2.45) is 0 Å². The van der Waals surface area contributed by atoms with Gasteiger partial charge in [-0.05, 0) is 6.26 Å². The molecule has 0 saturated heterocycles. The molecule has 90 valence electrons. The maximum absolute atomic E-state index is 9.63. The number of hydrogen-bond acceptors (Lipinski definition) is 6. The second-order valence-electron chi connectivity index (χ2n) is 2.69. The van der Waals surface area contributed by atoms with Gasteiger partial charge in [0.15, 0.2) is 0 Å². The molecular weight excluding hydrogens is 252 g/mol. The lowest BCUT2D eigenvalue weighted by atomic mass is 11.9. The zero-order chi connectivity index (χ0) is 12.6. The molecule has 0 saturated carbocycles. The molecule has 0 aliphatic heterocycles. The van der Waals surface area contributed by atoms with Crippen LogP contribution in [-0.2, 0) is 30.8 Å². The molecule has 1 unspecified atom stereocenters. The van der Waals surface area contributed by atoms with Gasteiger partial charge in [0, 0.05) is 25.0 Å². The molecule has 0 fully saturated rings. The predicted octanol–water partition coefficient (Wildman–Crippen LogP) is -1.18. The van der Waals surface area contributed by atoms with Crippen molar-refractivity contribution in [3.8, 4) is 0 Å². The first-order valence-electron chi connectivity index (χ1n) is 3.04. The van der Waals surface area contributed by atoms with E-state index in [1.807, 2.05) is 0 Å². The molecule has 0 aromatic rings. The Kier molecular flexibility index (Phi) is 11.6. The maximum Gasteiger partial charge on any atom is 0.144 e. The molecule has 0 aromatic carbocycles. The first-order valence-corrected chi connectivity index (χ1v) is 9.12. The highest BCUT2D eigenvalue weighted by Gasteiger charge is 1.79. The summed E-state index contributed by atoms with van der Waals surface area (Å²) in [5.74, 6) is 0. The molecule has 0 aliphatic carbocycles. The van der Waals surface area contributed by atoms with E-state index in [4.69, 9.17) is 8.76 Å². The SMILES string of the molecule is CS(=O)[O-].CS(C)(=O)=O.CS(C)(=O)=O. The van der Waals surface area contributed by atoms with Crippen molar-refractivity contribution in [1.29, 1.82) is 0 Å². The van der Waals surface area contributed by atoms with Gasteiger partial charge in [-0.1, -0.05) is 11.1 Å². The van der Waals surface area contributed by atoms with Gasteiger partial charge in [-0.3, -0.25) is 4.21 Å². The lowest BCUT2D eigenvalue weighted by Crippen LogP contribution is -1.86. The number of hydrogen-bond donors (Lipinski definition) is 0. The average molecular weight is 267 g/mol. The first-order chi connectivity index (χ1) is 5.73. The molecule has 6 nitrogen and oxygen atoms in total. The van der Waals surface area contributed by atoms with Crippen molar-refractivity contribution in [2.45, 2.75) is 0 Å². The van der Waals surface area contributed by atoms with Crippen LogP contribution < -0.4 is 0 Å². The van der Waals surface area contributed by atoms with Gasteiger partial charge in [0.05, 0.1) is 0 Å². The van der Waals surface area contributed by atoms with Crippen LogP contribution in [0.4, 0.5) is 0 Å². The largest absolute Gasteiger partial charge is 0.773 e. The van der Waals surface area contributed by atoms with E-state index in [-0.39, 0.29) is 0 Å².